The second kappa shape index (κ2) is 8.75. The van der Waals surface area contributed by atoms with E-state index in [1.807, 2.05) is 37.3 Å². The highest BCUT2D eigenvalue weighted by atomic mass is 19.1. The van der Waals surface area contributed by atoms with Crippen molar-refractivity contribution < 1.29 is 18.7 Å². The number of halogens is 1. The van der Waals surface area contributed by atoms with E-state index in [1.165, 1.54) is 0 Å². The van der Waals surface area contributed by atoms with Crippen molar-refractivity contribution in [2.75, 3.05) is 13.2 Å². The number of carbonyl (C=O) groups excluding carboxylic acids is 1. The van der Waals surface area contributed by atoms with Crippen LogP contribution in [-0.2, 0) is 9.53 Å². The molecule has 1 atom stereocenters. The number of hydrogen-bond acceptors (Lipinski definition) is 4. The van der Waals surface area contributed by atoms with Gasteiger partial charge in [0.15, 0.2) is 0 Å². The summed E-state index contributed by atoms with van der Waals surface area (Å²) in [5.41, 5.74) is 7.04. The summed E-state index contributed by atoms with van der Waals surface area (Å²) in [6.07, 6.45) is 4.84. The maximum Gasteiger partial charge on any atom is 0.230 e. The molecule has 1 aromatic carbocycles. The van der Waals surface area contributed by atoms with Crippen LogP contribution in [0.15, 0.2) is 42.2 Å². The van der Waals surface area contributed by atoms with Gasteiger partial charge in [-0.1, -0.05) is 18.2 Å². The Morgan fingerprint density at radius 3 is 2.29 bits per heavy atom. The summed E-state index contributed by atoms with van der Waals surface area (Å²) in [6, 6.07) is 7.73. The first-order valence-corrected chi connectivity index (χ1v) is 10.9. The van der Waals surface area contributed by atoms with Crippen LogP contribution in [0.3, 0.4) is 0 Å². The molecule has 5 nitrogen and oxygen atoms in total. The SMILES string of the molecule is CC1(C)CC(NC(=O)C2(C)C=C(c3ccc(OC/C(=C/F)CN)cc3)C2)CC(C)(C)O1. The van der Waals surface area contributed by atoms with E-state index in [2.05, 4.69) is 33.0 Å². The van der Waals surface area contributed by atoms with Gasteiger partial charge in [0.2, 0.25) is 5.91 Å². The number of allylic oxidation sites excluding steroid dienone is 1. The second-order valence-corrected chi connectivity index (χ2v) is 10.2. The molecule has 0 aromatic heterocycles. The topological polar surface area (TPSA) is 73.6 Å². The van der Waals surface area contributed by atoms with Crippen LogP contribution in [0.1, 0.15) is 59.4 Å². The first kappa shape index (κ1) is 23.5. The number of nitrogens with one attached hydrogen (secondary N) is 1. The molecule has 31 heavy (non-hydrogen) atoms. The molecular formula is C25H35FN2O3. The van der Waals surface area contributed by atoms with Gasteiger partial charge in [0, 0.05) is 18.2 Å². The van der Waals surface area contributed by atoms with Gasteiger partial charge in [0.05, 0.1) is 22.9 Å². The van der Waals surface area contributed by atoms with Gasteiger partial charge >= 0.3 is 0 Å². The van der Waals surface area contributed by atoms with Gasteiger partial charge in [-0.05, 0) is 77.2 Å². The van der Waals surface area contributed by atoms with E-state index in [4.69, 9.17) is 15.2 Å². The molecular weight excluding hydrogens is 395 g/mol. The molecule has 3 N–H and O–H groups in total. The van der Waals surface area contributed by atoms with E-state index in [0.717, 1.165) is 24.0 Å². The molecule has 170 valence electrons. The maximum atomic E-state index is 13.0. The van der Waals surface area contributed by atoms with E-state index in [0.29, 0.717) is 24.1 Å². The van der Waals surface area contributed by atoms with Crippen molar-refractivity contribution in [1.82, 2.24) is 5.32 Å². The third kappa shape index (κ3) is 5.74. The van der Waals surface area contributed by atoms with Gasteiger partial charge in [0.1, 0.15) is 12.4 Å². The van der Waals surface area contributed by atoms with E-state index in [-0.39, 0.29) is 36.3 Å². The zero-order valence-electron chi connectivity index (χ0n) is 19.3. The highest BCUT2D eigenvalue weighted by Gasteiger charge is 2.44. The van der Waals surface area contributed by atoms with Crippen molar-refractivity contribution in [3.8, 4) is 5.75 Å². The van der Waals surface area contributed by atoms with Gasteiger partial charge in [-0.3, -0.25) is 4.79 Å². The van der Waals surface area contributed by atoms with Gasteiger partial charge < -0.3 is 20.5 Å². The summed E-state index contributed by atoms with van der Waals surface area (Å²) in [7, 11) is 0. The lowest BCUT2D eigenvalue weighted by atomic mass is 9.69. The van der Waals surface area contributed by atoms with Crippen LogP contribution < -0.4 is 15.8 Å². The van der Waals surface area contributed by atoms with Gasteiger partial charge in [0.25, 0.3) is 0 Å². The number of hydrogen-bond donors (Lipinski definition) is 2. The van der Waals surface area contributed by atoms with Crippen molar-refractivity contribution >= 4 is 11.5 Å². The Kier molecular flexibility index (Phi) is 6.63. The number of benzene rings is 1. The molecule has 0 radical (unpaired) electrons. The summed E-state index contributed by atoms with van der Waals surface area (Å²) in [5.74, 6) is 0.726. The highest BCUT2D eigenvalue weighted by molar-refractivity contribution is 5.93. The summed E-state index contributed by atoms with van der Waals surface area (Å²) in [5, 5.41) is 3.26. The van der Waals surface area contributed by atoms with Gasteiger partial charge in [-0.15, -0.1) is 0 Å². The van der Waals surface area contributed by atoms with Crippen molar-refractivity contribution in [2.45, 2.75) is 71.1 Å². The van der Waals surface area contributed by atoms with Gasteiger partial charge in [-0.2, -0.15) is 0 Å². The Balaban J connectivity index is 1.59. The number of amides is 1. The molecule has 0 bridgehead atoms. The minimum Gasteiger partial charge on any atom is -0.489 e. The predicted octanol–water partition coefficient (Wildman–Crippen LogP) is 4.52. The van der Waals surface area contributed by atoms with Crippen LogP contribution in [0.25, 0.3) is 5.57 Å². The highest BCUT2D eigenvalue weighted by Crippen LogP contribution is 2.45. The van der Waals surface area contributed by atoms with E-state index >= 15 is 0 Å². The molecule has 1 heterocycles. The number of ether oxygens (including phenoxy) is 2. The Bertz CT molecular complexity index is 857. The monoisotopic (exact) mass is 430 g/mol. The second-order valence-electron chi connectivity index (χ2n) is 10.2. The Hall–Kier alpha value is -2.18. The van der Waals surface area contributed by atoms with Crippen LogP contribution in [0.2, 0.25) is 0 Å². The summed E-state index contributed by atoms with van der Waals surface area (Å²) in [4.78, 5) is 13.0. The molecule has 0 saturated carbocycles. The average Bonchev–Trinajstić information content (AvgIpc) is 2.64. The number of carbonyl (C=O) groups is 1. The van der Waals surface area contributed by atoms with Crippen LogP contribution in [0.5, 0.6) is 5.75 Å². The lowest BCUT2D eigenvalue weighted by Crippen LogP contribution is -2.55. The molecule has 1 fully saturated rings. The van der Waals surface area contributed by atoms with E-state index in [1.54, 1.807) is 0 Å². The summed E-state index contributed by atoms with van der Waals surface area (Å²) in [6.45, 7) is 10.6. The molecule has 0 spiro atoms. The first-order valence-electron chi connectivity index (χ1n) is 10.9. The smallest absolute Gasteiger partial charge is 0.230 e. The molecule has 1 amide bonds. The van der Waals surface area contributed by atoms with Crippen LogP contribution in [0.4, 0.5) is 4.39 Å². The molecule has 1 saturated heterocycles. The predicted molar refractivity (Wildman–Crippen MR) is 121 cm³/mol. The first-order chi connectivity index (χ1) is 14.5. The van der Waals surface area contributed by atoms with Crippen LogP contribution in [0, 0.1) is 5.41 Å². The van der Waals surface area contributed by atoms with Crippen molar-refractivity contribution in [1.29, 1.82) is 0 Å². The maximum absolute atomic E-state index is 13.0. The van der Waals surface area contributed by atoms with Crippen molar-refractivity contribution in [3.05, 3.63) is 47.8 Å². The molecule has 1 aliphatic carbocycles. The minimum atomic E-state index is -0.501. The Labute approximate surface area is 184 Å². The lowest BCUT2D eigenvalue weighted by molar-refractivity contribution is -0.166. The Morgan fingerprint density at radius 1 is 1.19 bits per heavy atom. The van der Waals surface area contributed by atoms with Crippen molar-refractivity contribution in [3.63, 3.8) is 0 Å². The van der Waals surface area contributed by atoms with Crippen molar-refractivity contribution in [2.24, 2.45) is 11.1 Å². The average molecular weight is 431 g/mol. The molecule has 1 aliphatic heterocycles. The zero-order chi connectivity index (χ0) is 22.9. The molecule has 1 aromatic rings. The van der Waals surface area contributed by atoms with E-state index in [9.17, 15) is 9.18 Å². The third-order valence-electron chi connectivity index (χ3n) is 6.00. The van der Waals surface area contributed by atoms with Crippen LogP contribution in [-0.4, -0.2) is 36.3 Å². The zero-order valence-corrected chi connectivity index (χ0v) is 19.3. The standard InChI is InChI=1S/C25H35FN2O3/c1-23(2)12-20(13-24(3,4)31-23)28-22(29)25(5)10-19(11-25)18-6-8-21(9-7-18)30-16-17(14-26)15-27/h6-10,14,20H,11-13,15-16,27H2,1-5H3,(H,28,29)/b17-14+. The van der Waals surface area contributed by atoms with Gasteiger partial charge in [-0.25, -0.2) is 4.39 Å². The quantitative estimate of drug-likeness (QED) is 0.667. The minimum absolute atomic E-state index is 0.0713. The summed E-state index contributed by atoms with van der Waals surface area (Å²) < 4.78 is 24.3. The summed E-state index contributed by atoms with van der Waals surface area (Å²) >= 11 is 0. The fourth-order valence-electron chi connectivity index (χ4n) is 4.70. The fourth-order valence-corrected chi connectivity index (χ4v) is 4.70. The number of rotatable bonds is 7. The fraction of sp³-hybridized carbons (Fsp3) is 0.560. The molecule has 1 unspecified atom stereocenters. The lowest BCUT2D eigenvalue weighted by Gasteiger charge is -2.46. The molecule has 6 heteroatoms. The Morgan fingerprint density at radius 2 is 1.77 bits per heavy atom. The third-order valence-corrected chi connectivity index (χ3v) is 6.00. The number of nitrogens with two attached hydrogens (primary N) is 1. The normalized spacial score (nSPS) is 25.4. The largest absolute Gasteiger partial charge is 0.489 e. The molecule has 3 rings (SSSR count). The molecule has 2 aliphatic rings. The van der Waals surface area contributed by atoms with Crippen LogP contribution >= 0.6 is 0 Å². The van der Waals surface area contributed by atoms with E-state index < -0.39 is 5.41 Å².